The van der Waals surface area contributed by atoms with Gasteiger partial charge in [-0.15, -0.1) is 0 Å². The van der Waals surface area contributed by atoms with Crippen LogP contribution in [-0.2, 0) is 0 Å². The fourth-order valence-corrected chi connectivity index (χ4v) is 2.44. The van der Waals surface area contributed by atoms with E-state index in [2.05, 4.69) is 15.1 Å². The van der Waals surface area contributed by atoms with E-state index in [9.17, 15) is 0 Å². The highest BCUT2D eigenvalue weighted by molar-refractivity contribution is 5.65. The smallest absolute Gasteiger partial charge is 0.144 e. The van der Waals surface area contributed by atoms with Gasteiger partial charge < -0.3 is 30.7 Å². The highest BCUT2D eigenvalue weighted by atomic mass is 16.5. The van der Waals surface area contributed by atoms with Crippen molar-refractivity contribution < 1.29 is 9.84 Å². The molecule has 0 aliphatic carbocycles. The van der Waals surface area contributed by atoms with Gasteiger partial charge >= 0.3 is 0 Å². The molecule has 0 spiro atoms. The van der Waals surface area contributed by atoms with E-state index in [-0.39, 0.29) is 6.61 Å². The standard InChI is InChI=1S/C16H26N4O2/c1-19(9-5-18-6-11-21)7-2-8-20-10-12-22-16-13-14(17)3-4-15(16)20/h3-5,9,13,18,21H,2,6-8,10-12,17H2,1H3/b9-5-. The molecule has 4 N–H and O–H groups in total. The predicted octanol–water partition coefficient (Wildman–Crippen LogP) is 0.843. The number of aliphatic hydroxyl groups is 1. The zero-order valence-corrected chi connectivity index (χ0v) is 13.2. The number of aliphatic hydroxyl groups excluding tert-OH is 1. The number of fused-ring (bicyclic) bond motifs is 1. The van der Waals surface area contributed by atoms with Crippen LogP contribution < -0.4 is 20.7 Å². The topological polar surface area (TPSA) is 74.0 Å². The third-order valence-corrected chi connectivity index (χ3v) is 3.59. The summed E-state index contributed by atoms with van der Waals surface area (Å²) in [5.74, 6) is 0.882. The highest BCUT2D eigenvalue weighted by Crippen LogP contribution is 2.33. The first-order chi connectivity index (χ1) is 10.7. The van der Waals surface area contributed by atoms with Crippen LogP contribution in [0.4, 0.5) is 11.4 Å². The molecule has 0 atom stereocenters. The van der Waals surface area contributed by atoms with Crippen molar-refractivity contribution in [2.45, 2.75) is 6.42 Å². The Morgan fingerprint density at radius 3 is 3.18 bits per heavy atom. The molecule has 0 bridgehead atoms. The van der Waals surface area contributed by atoms with Crippen LogP contribution in [-0.4, -0.2) is 56.4 Å². The maximum absolute atomic E-state index is 8.68. The van der Waals surface area contributed by atoms with Crippen LogP contribution in [0.15, 0.2) is 30.6 Å². The zero-order chi connectivity index (χ0) is 15.8. The van der Waals surface area contributed by atoms with Gasteiger partial charge in [0.1, 0.15) is 12.4 Å². The molecule has 22 heavy (non-hydrogen) atoms. The molecule has 0 aromatic heterocycles. The second kappa shape index (κ2) is 8.38. The van der Waals surface area contributed by atoms with E-state index in [0.29, 0.717) is 13.2 Å². The number of hydrogen-bond acceptors (Lipinski definition) is 6. The van der Waals surface area contributed by atoms with E-state index < -0.39 is 0 Å². The van der Waals surface area contributed by atoms with Gasteiger partial charge in [-0.25, -0.2) is 0 Å². The van der Waals surface area contributed by atoms with Gasteiger partial charge in [0.25, 0.3) is 0 Å². The molecule has 1 heterocycles. The number of nitrogen functional groups attached to an aromatic ring is 1. The molecule has 1 aromatic rings. The fraction of sp³-hybridized carbons (Fsp3) is 0.500. The third-order valence-electron chi connectivity index (χ3n) is 3.59. The lowest BCUT2D eigenvalue weighted by atomic mass is 10.2. The molecule has 2 rings (SSSR count). The first-order valence-corrected chi connectivity index (χ1v) is 7.69. The number of nitrogens with zero attached hydrogens (tertiary/aromatic N) is 2. The molecule has 1 aliphatic heterocycles. The Hall–Kier alpha value is -2.08. The second-order valence-corrected chi connectivity index (χ2v) is 5.39. The van der Waals surface area contributed by atoms with Gasteiger partial charge in [-0.2, -0.15) is 0 Å². The van der Waals surface area contributed by atoms with Gasteiger partial charge in [-0.05, 0) is 18.6 Å². The molecule has 0 saturated heterocycles. The minimum Gasteiger partial charge on any atom is -0.489 e. The van der Waals surface area contributed by atoms with Crippen LogP contribution in [0.2, 0.25) is 0 Å². The summed E-state index contributed by atoms with van der Waals surface area (Å²) in [7, 11) is 2.05. The summed E-state index contributed by atoms with van der Waals surface area (Å²) in [6, 6.07) is 5.84. The van der Waals surface area contributed by atoms with E-state index in [1.54, 1.807) is 0 Å². The lowest BCUT2D eigenvalue weighted by Crippen LogP contribution is -2.34. The number of anilines is 2. The Morgan fingerprint density at radius 1 is 1.50 bits per heavy atom. The van der Waals surface area contributed by atoms with E-state index in [0.717, 1.165) is 43.2 Å². The number of ether oxygens (including phenoxy) is 1. The Kier molecular flexibility index (Phi) is 6.21. The summed E-state index contributed by atoms with van der Waals surface area (Å²) in [6.07, 6.45) is 4.91. The van der Waals surface area contributed by atoms with Crippen molar-refractivity contribution in [1.82, 2.24) is 10.2 Å². The maximum atomic E-state index is 8.68. The van der Waals surface area contributed by atoms with Crippen LogP contribution in [0.3, 0.4) is 0 Å². The average molecular weight is 306 g/mol. The maximum Gasteiger partial charge on any atom is 0.144 e. The predicted molar refractivity (Wildman–Crippen MR) is 90.0 cm³/mol. The Balaban J connectivity index is 1.77. The van der Waals surface area contributed by atoms with Gasteiger partial charge in [0.15, 0.2) is 0 Å². The monoisotopic (exact) mass is 306 g/mol. The summed E-state index contributed by atoms with van der Waals surface area (Å²) < 4.78 is 5.67. The van der Waals surface area contributed by atoms with Crippen molar-refractivity contribution in [1.29, 1.82) is 0 Å². The quantitative estimate of drug-likeness (QED) is 0.488. The van der Waals surface area contributed by atoms with Crippen molar-refractivity contribution >= 4 is 11.4 Å². The summed E-state index contributed by atoms with van der Waals surface area (Å²) >= 11 is 0. The minimum atomic E-state index is 0.148. The molecule has 122 valence electrons. The summed E-state index contributed by atoms with van der Waals surface area (Å²) in [5, 5.41) is 11.7. The Bertz CT molecular complexity index is 493. The summed E-state index contributed by atoms with van der Waals surface area (Å²) in [6.45, 7) is 4.31. The van der Waals surface area contributed by atoms with E-state index in [4.69, 9.17) is 15.6 Å². The van der Waals surface area contributed by atoms with Gasteiger partial charge in [0.05, 0.1) is 18.8 Å². The van der Waals surface area contributed by atoms with E-state index in [1.807, 2.05) is 37.6 Å². The SMILES string of the molecule is CN(/C=C\NCCO)CCCN1CCOc2cc(N)ccc21. The Labute approximate surface area is 132 Å². The van der Waals surface area contributed by atoms with Crippen molar-refractivity contribution in [2.75, 3.05) is 57.1 Å². The van der Waals surface area contributed by atoms with Gasteiger partial charge in [0, 0.05) is 50.8 Å². The molecule has 6 heteroatoms. The molecule has 0 fully saturated rings. The molecule has 0 amide bonds. The van der Waals surface area contributed by atoms with Crippen molar-refractivity contribution in [3.05, 3.63) is 30.6 Å². The minimum absolute atomic E-state index is 0.148. The number of nitrogens with two attached hydrogens (primary N) is 1. The molecule has 6 nitrogen and oxygen atoms in total. The second-order valence-electron chi connectivity index (χ2n) is 5.39. The van der Waals surface area contributed by atoms with Crippen LogP contribution in [0.1, 0.15) is 6.42 Å². The van der Waals surface area contributed by atoms with E-state index in [1.165, 1.54) is 0 Å². The average Bonchev–Trinajstić information content (AvgIpc) is 2.51. The van der Waals surface area contributed by atoms with Crippen LogP contribution in [0, 0.1) is 0 Å². The number of hydrogen-bond donors (Lipinski definition) is 3. The molecule has 0 unspecified atom stereocenters. The molecule has 0 radical (unpaired) electrons. The first kappa shape index (κ1) is 16.3. The largest absolute Gasteiger partial charge is 0.489 e. The molecular weight excluding hydrogens is 280 g/mol. The Morgan fingerprint density at radius 2 is 2.36 bits per heavy atom. The molecule has 1 aliphatic rings. The van der Waals surface area contributed by atoms with Crippen LogP contribution in [0.25, 0.3) is 0 Å². The lowest BCUT2D eigenvalue weighted by molar-refractivity contribution is 0.298. The summed E-state index contributed by atoms with van der Waals surface area (Å²) in [5.41, 5.74) is 7.67. The molecule has 0 saturated carbocycles. The van der Waals surface area contributed by atoms with Gasteiger partial charge in [-0.1, -0.05) is 0 Å². The van der Waals surface area contributed by atoms with Gasteiger partial charge in [0.2, 0.25) is 0 Å². The van der Waals surface area contributed by atoms with Crippen molar-refractivity contribution in [3.63, 3.8) is 0 Å². The normalized spacial score (nSPS) is 13.8. The van der Waals surface area contributed by atoms with Crippen LogP contribution in [0.5, 0.6) is 5.75 Å². The first-order valence-electron chi connectivity index (χ1n) is 7.69. The number of benzene rings is 1. The lowest BCUT2D eigenvalue weighted by Gasteiger charge is -2.31. The van der Waals surface area contributed by atoms with Crippen molar-refractivity contribution in [3.8, 4) is 5.75 Å². The van der Waals surface area contributed by atoms with Crippen molar-refractivity contribution in [2.24, 2.45) is 0 Å². The summed E-state index contributed by atoms with van der Waals surface area (Å²) in [4.78, 5) is 4.48. The third kappa shape index (κ3) is 4.73. The zero-order valence-electron chi connectivity index (χ0n) is 13.2. The fourth-order valence-electron chi connectivity index (χ4n) is 2.44. The molecular formula is C16H26N4O2. The number of nitrogens with one attached hydrogen (secondary N) is 1. The number of rotatable bonds is 8. The van der Waals surface area contributed by atoms with Gasteiger partial charge in [-0.3, -0.25) is 0 Å². The molecule has 1 aromatic carbocycles. The van der Waals surface area contributed by atoms with Crippen LogP contribution >= 0.6 is 0 Å². The highest BCUT2D eigenvalue weighted by Gasteiger charge is 2.17. The van der Waals surface area contributed by atoms with E-state index >= 15 is 0 Å².